The molecule has 4 nitrogen and oxygen atoms in total. The van der Waals surface area contributed by atoms with Crippen LogP contribution in [0.15, 0.2) is 24.5 Å². The third-order valence-electron chi connectivity index (χ3n) is 5.99. The third-order valence-corrected chi connectivity index (χ3v) is 5.99. The predicted molar refractivity (Wildman–Crippen MR) is 89.1 cm³/mol. The van der Waals surface area contributed by atoms with Crippen molar-refractivity contribution in [2.75, 3.05) is 26.3 Å². The number of likely N-dealkylation sites (tertiary alicyclic amines) is 1. The number of hydrogen-bond acceptors (Lipinski definition) is 4. The molecule has 3 heterocycles. The summed E-state index contributed by atoms with van der Waals surface area (Å²) in [5, 5.41) is 0. The summed E-state index contributed by atoms with van der Waals surface area (Å²) in [6.07, 6.45) is 11.9. The molecular formula is C19H28N2O2. The first-order chi connectivity index (χ1) is 11.4. The molecule has 0 amide bonds. The largest absolute Gasteiger partial charge is 0.377 e. The van der Waals surface area contributed by atoms with E-state index < -0.39 is 0 Å². The van der Waals surface area contributed by atoms with Crippen molar-refractivity contribution in [1.29, 1.82) is 0 Å². The molecule has 1 aliphatic carbocycles. The van der Waals surface area contributed by atoms with Crippen molar-refractivity contribution in [2.24, 2.45) is 5.41 Å². The van der Waals surface area contributed by atoms with Crippen molar-refractivity contribution in [3.05, 3.63) is 30.1 Å². The molecule has 3 fully saturated rings. The van der Waals surface area contributed by atoms with Crippen LogP contribution >= 0.6 is 0 Å². The van der Waals surface area contributed by atoms with Gasteiger partial charge in [-0.25, -0.2) is 0 Å². The van der Waals surface area contributed by atoms with Gasteiger partial charge in [0, 0.05) is 43.5 Å². The monoisotopic (exact) mass is 316 g/mol. The van der Waals surface area contributed by atoms with E-state index in [1.807, 2.05) is 18.5 Å². The van der Waals surface area contributed by atoms with Crippen molar-refractivity contribution < 1.29 is 9.47 Å². The van der Waals surface area contributed by atoms with Crippen LogP contribution in [-0.2, 0) is 16.1 Å². The van der Waals surface area contributed by atoms with Crippen LogP contribution in [0.1, 0.15) is 44.1 Å². The number of fused-ring (bicyclic) bond motifs is 1. The van der Waals surface area contributed by atoms with E-state index in [9.17, 15) is 0 Å². The lowest BCUT2D eigenvalue weighted by atomic mass is 9.72. The number of ether oxygens (including phenoxy) is 2. The quantitative estimate of drug-likeness (QED) is 0.836. The topological polar surface area (TPSA) is 34.6 Å². The van der Waals surface area contributed by atoms with Gasteiger partial charge in [-0.2, -0.15) is 0 Å². The summed E-state index contributed by atoms with van der Waals surface area (Å²) in [5.41, 5.74) is 1.36. The average Bonchev–Trinajstić information content (AvgIpc) is 2.54. The fraction of sp³-hybridized carbons (Fsp3) is 0.737. The van der Waals surface area contributed by atoms with Gasteiger partial charge in [0.2, 0.25) is 0 Å². The highest BCUT2D eigenvalue weighted by molar-refractivity contribution is 5.07. The third kappa shape index (κ3) is 3.30. The Hall–Kier alpha value is -0.970. The molecule has 0 unspecified atom stereocenters. The lowest BCUT2D eigenvalue weighted by Crippen LogP contribution is -2.59. The second-order valence-corrected chi connectivity index (χ2v) is 7.52. The zero-order valence-electron chi connectivity index (χ0n) is 14.0. The van der Waals surface area contributed by atoms with Crippen LogP contribution in [0.3, 0.4) is 0 Å². The predicted octanol–water partition coefficient (Wildman–Crippen LogP) is 3.02. The second-order valence-electron chi connectivity index (χ2n) is 7.52. The van der Waals surface area contributed by atoms with Gasteiger partial charge in [-0.3, -0.25) is 9.88 Å². The molecule has 23 heavy (non-hydrogen) atoms. The van der Waals surface area contributed by atoms with Gasteiger partial charge in [0.25, 0.3) is 0 Å². The molecule has 1 saturated carbocycles. The molecule has 2 saturated heterocycles. The maximum Gasteiger partial charge on any atom is 0.0732 e. The highest BCUT2D eigenvalue weighted by Crippen LogP contribution is 2.42. The van der Waals surface area contributed by atoms with Gasteiger partial charge in [0.05, 0.1) is 19.3 Å². The number of rotatable bonds is 5. The maximum absolute atomic E-state index is 6.15. The van der Waals surface area contributed by atoms with E-state index in [4.69, 9.17) is 9.47 Å². The molecule has 126 valence electrons. The summed E-state index contributed by atoms with van der Waals surface area (Å²) in [6.45, 7) is 4.77. The normalized spacial score (nSPS) is 32.3. The molecule has 4 rings (SSSR count). The zero-order valence-corrected chi connectivity index (χ0v) is 14.0. The van der Waals surface area contributed by atoms with Crippen molar-refractivity contribution in [3.63, 3.8) is 0 Å². The van der Waals surface area contributed by atoms with Crippen LogP contribution in [-0.4, -0.2) is 48.3 Å². The Morgan fingerprint density at radius 2 is 2.26 bits per heavy atom. The highest BCUT2D eigenvalue weighted by Gasteiger charge is 2.47. The first kappa shape index (κ1) is 15.6. The van der Waals surface area contributed by atoms with E-state index in [2.05, 4.69) is 16.0 Å². The average molecular weight is 316 g/mol. The number of hydrogen-bond donors (Lipinski definition) is 0. The SMILES string of the molecule is c1cncc(COC[C@@]23CCCO[C@H]2CCN(C2CCC2)C3)c1. The molecule has 1 aromatic rings. The first-order valence-electron chi connectivity index (χ1n) is 9.18. The van der Waals surface area contributed by atoms with Crippen LogP contribution in [0.25, 0.3) is 0 Å². The Bertz CT molecular complexity index is 505. The van der Waals surface area contributed by atoms with Crippen LogP contribution in [0.4, 0.5) is 0 Å². The minimum Gasteiger partial charge on any atom is -0.377 e. The fourth-order valence-corrected chi connectivity index (χ4v) is 4.45. The fourth-order valence-electron chi connectivity index (χ4n) is 4.45. The molecule has 4 heteroatoms. The smallest absolute Gasteiger partial charge is 0.0732 e. The van der Waals surface area contributed by atoms with Gasteiger partial charge in [-0.15, -0.1) is 0 Å². The number of nitrogens with zero attached hydrogens (tertiary/aromatic N) is 2. The van der Waals surface area contributed by atoms with Gasteiger partial charge in [-0.05, 0) is 43.7 Å². The van der Waals surface area contributed by atoms with E-state index in [1.54, 1.807) is 0 Å². The molecule has 3 aliphatic rings. The van der Waals surface area contributed by atoms with Gasteiger partial charge >= 0.3 is 0 Å². The Morgan fingerprint density at radius 1 is 1.30 bits per heavy atom. The molecule has 0 N–H and O–H groups in total. The molecule has 1 aromatic heterocycles. The maximum atomic E-state index is 6.15. The number of aromatic nitrogens is 1. The zero-order chi connectivity index (χ0) is 15.5. The van der Waals surface area contributed by atoms with Crippen LogP contribution < -0.4 is 0 Å². The minimum absolute atomic E-state index is 0.203. The number of piperidine rings is 1. The Morgan fingerprint density at radius 3 is 3.04 bits per heavy atom. The summed E-state index contributed by atoms with van der Waals surface area (Å²) in [7, 11) is 0. The van der Waals surface area contributed by atoms with Gasteiger partial charge < -0.3 is 9.47 Å². The second kappa shape index (κ2) is 6.88. The van der Waals surface area contributed by atoms with Crippen LogP contribution in [0.5, 0.6) is 0 Å². The lowest BCUT2D eigenvalue weighted by molar-refractivity contribution is -0.162. The first-order valence-corrected chi connectivity index (χ1v) is 9.18. The lowest BCUT2D eigenvalue weighted by Gasteiger charge is -2.53. The summed E-state index contributed by atoms with van der Waals surface area (Å²) in [5.74, 6) is 0. The molecule has 0 spiro atoms. The van der Waals surface area contributed by atoms with E-state index in [1.165, 1.54) is 45.1 Å². The van der Waals surface area contributed by atoms with Crippen molar-refractivity contribution in [1.82, 2.24) is 9.88 Å². The van der Waals surface area contributed by atoms with Crippen LogP contribution in [0.2, 0.25) is 0 Å². The van der Waals surface area contributed by atoms with Crippen molar-refractivity contribution in [3.8, 4) is 0 Å². The Balaban J connectivity index is 1.40. The van der Waals surface area contributed by atoms with E-state index in [0.717, 1.165) is 31.4 Å². The van der Waals surface area contributed by atoms with E-state index in [0.29, 0.717) is 12.7 Å². The summed E-state index contributed by atoms with van der Waals surface area (Å²) < 4.78 is 12.3. The molecule has 0 aromatic carbocycles. The molecule has 0 radical (unpaired) electrons. The Labute approximate surface area is 139 Å². The standard InChI is InChI=1S/C19H28N2O2/c1-5-17(6-1)21-10-7-18-19(14-21,8-3-11-23-18)15-22-13-16-4-2-9-20-12-16/h2,4,9,12,17-18H,1,3,5-8,10-11,13-15H2/t18-,19-/m0/s1. The minimum atomic E-state index is 0.203. The van der Waals surface area contributed by atoms with E-state index in [-0.39, 0.29) is 5.41 Å². The highest BCUT2D eigenvalue weighted by atomic mass is 16.5. The summed E-state index contributed by atoms with van der Waals surface area (Å²) in [4.78, 5) is 6.90. The molecule has 2 atom stereocenters. The summed E-state index contributed by atoms with van der Waals surface area (Å²) >= 11 is 0. The molecule has 0 bridgehead atoms. The summed E-state index contributed by atoms with van der Waals surface area (Å²) in [6, 6.07) is 4.89. The Kier molecular flexibility index (Phi) is 4.65. The van der Waals surface area contributed by atoms with E-state index >= 15 is 0 Å². The molecule has 2 aliphatic heterocycles. The van der Waals surface area contributed by atoms with Gasteiger partial charge in [-0.1, -0.05) is 12.5 Å². The molecular weight excluding hydrogens is 288 g/mol. The number of pyridine rings is 1. The van der Waals surface area contributed by atoms with Crippen molar-refractivity contribution >= 4 is 0 Å². The van der Waals surface area contributed by atoms with Gasteiger partial charge in [0.15, 0.2) is 0 Å². The van der Waals surface area contributed by atoms with Crippen molar-refractivity contribution in [2.45, 2.75) is 57.3 Å². The van der Waals surface area contributed by atoms with Gasteiger partial charge in [0.1, 0.15) is 0 Å². The van der Waals surface area contributed by atoms with Crippen LogP contribution in [0, 0.1) is 5.41 Å².